The zero-order chi connectivity index (χ0) is 12.3. The fraction of sp³-hybridized carbons (Fsp3) is 0.100. The molecular weight excluding hydrogens is 240 g/mol. The highest BCUT2D eigenvalue weighted by molar-refractivity contribution is 7.07. The van der Waals surface area contributed by atoms with Crippen molar-refractivity contribution in [2.45, 2.75) is 6.54 Å². The number of nitrogens with zero attached hydrogens (tertiary/aromatic N) is 1. The van der Waals surface area contributed by atoms with Crippen LogP contribution in [0, 0.1) is 0 Å². The van der Waals surface area contributed by atoms with Crippen LogP contribution in [0.1, 0.15) is 16.1 Å². The lowest BCUT2D eigenvalue weighted by molar-refractivity contribution is 0.0951. The number of rotatable bonds is 3. The van der Waals surface area contributed by atoms with Crippen molar-refractivity contribution in [2.75, 3.05) is 5.73 Å². The lowest BCUT2D eigenvalue weighted by Gasteiger charge is -2.05. The number of anilines is 1. The van der Waals surface area contributed by atoms with Gasteiger partial charge in [0.05, 0.1) is 12.1 Å². The first-order chi connectivity index (χ1) is 8.16. The van der Waals surface area contributed by atoms with Gasteiger partial charge in [-0.25, -0.2) is 4.98 Å². The summed E-state index contributed by atoms with van der Waals surface area (Å²) in [5.74, 6) is -0.133. The summed E-state index contributed by atoms with van der Waals surface area (Å²) >= 11 is 1.06. The van der Waals surface area contributed by atoms with Crippen LogP contribution < -0.4 is 15.9 Å². The van der Waals surface area contributed by atoms with Crippen molar-refractivity contribution >= 4 is 23.1 Å². The summed E-state index contributed by atoms with van der Waals surface area (Å²) in [7, 11) is 0. The maximum Gasteiger partial charge on any atom is 0.304 e. The van der Waals surface area contributed by atoms with E-state index in [2.05, 4.69) is 15.3 Å². The molecule has 2 aromatic heterocycles. The van der Waals surface area contributed by atoms with Crippen molar-refractivity contribution in [1.82, 2.24) is 15.3 Å². The summed E-state index contributed by atoms with van der Waals surface area (Å²) in [5.41, 5.74) is 6.55. The van der Waals surface area contributed by atoms with Crippen LogP contribution in [0.3, 0.4) is 0 Å². The molecule has 1 amide bonds. The Hall–Kier alpha value is -2.15. The number of amides is 1. The SMILES string of the molecule is Nc1ncccc1C(=O)NCc1csc(=O)[nH]1. The number of nitrogens with two attached hydrogens (primary N) is 1. The smallest absolute Gasteiger partial charge is 0.304 e. The minimum atomic E-state index is -0.317. The van der Waals surface area contributed by atoms with Gasteiger partial charge in [-0.05, 0) is 12.1 Å². The number of carbonyl (C=O) groups excluding carboxylic acids is 1. The van der Waals surface area contributed by atoms with Gasteiger partial charge in [-0.1, -0.05) is 11.3 Å². The Morgan fingerprint density at radius 2 is 2.41 bits per heavy atom. The van der Waals surface area contributed by atoms with Crippen molar-refractivity contribution in [3.63, 3.8) is 0 Å². The summed E-state index contributed by atoms with van der Waals surface area (Å²) < 4.78 is 0. The zero-order valence-electron chi connectivity index (χ0n) is 8.77. The van der Waals surface area contributed by atoms with Gasteiger partial charge in [-0.15, -0.1) is 0 Å². The lowest BCUT2D eigenvalue weighted by atomic mass is 10.2. The van der Waals surface area contributed by atoms with E-state index in [9.17, 15) is 9.59 Å². The molecule has 0 aromatic carbocycles. The van der Waals surface area contributed by atoms with Crippen molar-refractivity contribution in [3.05, 3.63) is 44.6 Å². The highest BCUT2D eigenvalue weighted by Crippen LogP contribution is 2.06. The van der Waals surface area contributed by atoms with Gasteiger partial charge in [-0.2, -0.15) is 0 Å². The van der Waals surface area contributed by atoms with Crippen LogP contribution in [0.5, 0.6) is 0 Å². The molecule has 0 radical (unpaired) electrons. The quantitative estimate of drug-likeness (QED) is 0.731. The number of aromatic nitrogens is 2. The Bertz CT molecular complexity index is 590. The largest absolute Gasteiger partial charge is 0.383 e. The number of nitrogens with one attached hydrogen (secondary N) is 2. The third-order valence-corrected chi connectivity index (χ3v) is 2.81. The third-order valence-electron chi connectivity index (χ3n) is 2.09. The molecule has 0 spiro atoms. The van der Waals surface area contributed by atoms with E-state index in [0.29, 0.717) is 11.3 Å². The fourth-order valence-corrected chi connectivity index (χ4v) is 1.86. The number of aromatic amines is 1. The molecule has 0 bridgehead atoms. The molecule has 0 unspecified atom stereocenters. The summed E-state index contributed by atoms with van der Waals surface area (Å²) in [4.78, 5) is 28.9. The Morgan fingerprint density at radius 1 is 1.59 bits per heavy atom. The number of hydrogen-bond acceptors (Lipinski definition) is 5. The molecule has 6 nitrogen and oxygen atoms in total. The van der Waals surface area contributed by atoms with Gasteiger partial charge in [0.1, 0.15) is 5.82 Å². The first-order valence-corrected chi connectivity index (χ1v) is 5.70. The maximum absolute atomic E-state index is 11.7. The predicted molar refractivity (Wildman–Crippen MR) is 64.8 cm³/mol. The Balaban J connectivity index is 2.03. The van der Waals surface area contributed by atoms with Crippen LogP contribution in [0.25, 0.3) is 0 Å². The van der Waals surface area contributed by atoms with E-state index in [0.717, 1.165) is 11.3 Å². The van der Waals surface area contributed by atoms with E-state index in [1.54, 1.807) is 17.5 Å². The minimum absolute atomic E-state index is 0.143. The Kier molecular flexibility index (Phi) is 3.20. The molecule has 17 heavy (non-hydrogen) atoms. The monoisotopic (exact) mass is 250 g/mol. The van der Waals surface area contributed by atoms with Crippen LogP contribution in [0.2, 0.25) is 0 Å². The second kappa shape index (κ2) is 4.79. The highest BCUT2D eigenvalue weighted by Gasteiger charge is 2.09. The number of pyridine rings is 1. The second-order valence-electron chi connectivity index (χ2n) is 3.29. The minimum Gasteiger partial charge on any atom is -0.383 e. The number of hydrogen-bond donors (Lipinski definition) is 3. The molecule has 0 fully saturated rings. The third kappa shape index (κ3) is 2.70. The normalized spacial score (nSPS) is 10.1. The van der Waals surface area contributed by atoms with E-state index in [1.165, 1.54) is 6.20 Å². The van der Waals surface area contributed by atoms with Gasteiger partial charge in [0.2, 0.25) is 0 Å². The van der Waals surface area contributed by atoms with Gasteiger partial charge in [0, 0.05) is 17.3 Å². The summed E-state index contributed by atoms with van der Waals surface area (Å²) in [6.07, 6.45) is 1.52. The molecule has 0 saturated carbocycles. The maximum atomic E-state index is 11.7. The summed E-state index contributed by atoms with van der Waals surface area (Å²) in [5, 5.41) is 4.31. The molecule has 0 aliphatic carbocycles. The molecule has 2 heterocycles. The summed E-state index contributed by atoms with van der Waals surface area (Å²) in [6, 6.07) is 3.23. The van der Waals surface area contributed by atoms with E-state index in [-0.39, 0.29) is 23.1 Å². The molecule has 2 rings (SSSR count). The lowest BCUT2D eigenvalue weighted by Crippen LogP contribution is -2.24. The first kappa shape index (κ1) is 11.3. The molecule has 0 atom stereocenters. The van der Waals surface area contributed by atoms with E-state index in [1.807, 2.05) is 0 Å². The number of nitrogen functional groups attached to an aromatic ring is 1. The van der Waals surface area contributed by atoms with Crippen molar-refractivity contribution < 1.29 is 4.79 Å². The van der Waals surface area contributed by atoms with Gasteiger partial charge in [-0.3, -0.25) is 9.59 Å². The summed E-state index contributed by atoms with van der Waals surface area (Å²) in [6.45, 7) is 0.256. The molecule has 0 saturated heterocycles. The molecule has 0 aliphatic heterocycles. The highest BCUT2D eigenvalue weighted by atomic mass is 32.1. The van der Waals surface area contributed by atoms with Crippen LogP contribution in [0.4, 0.5) is 5.82 Å². The number of H-pyrrole nitrogens is 1. The fourth-order valence-electron chi connectivity index (χ4n) is 1.28. The zero-order valence-corrected chi connectivity index (χ0v) is 9.58. The number of carbonyl (C=O) groups is 1. The van der Waals surface area contributed by atoms with Gasteiger partial charge in [0.25, 0.3) is 5.91 Å². The van der Waals surface area contributed by atoms with E-state index < -0.39 is 0 Å². The van der Waals surface area contributed by atoms with Crippen LogP contribution in [-0.2, 0) is 6.54 Å². The molecule has 2 aromatic rings. The molecule has 88 valence electrons. The van der Waals surface area contributed by atoms with Crippen molar-refractivity contribution in [1.29, 1.82) is 0 Å². The van der Waals surface area contributed by atoms with Crippen LogP contribution in [-0.4, -0.2) is 15.9 Å². The van der Waals surface area contributed by atoms with E-state index in [4.69, 9.17) is 5.73 Å². The van der Waals surface area contributed by atoms with Gasteiger partial charge < -0.3 is 16.0 Å². The van der Waals surface area contributed by atoms with E-state index >= 15 is 0 Å². The van der Waals surface area contributed by atoms with Crippen LogP contribution >= 0.6 is 11.3 Å². The molecular formula is C10H10N4O2S. The Labute approximate surface area is 101 Å². The van der Waals surface area contributed by atoms with Gasteiger partial charge in [0.15, 0.2) is 0 Å². The molecule has 4 N–H and O–H groups in total. The standard InChI is InChI=1S/C10H10N4O2S/c11-8-7(2-1-3-12-8)9(15)13-4-6-5-17-10(16)14-6/h1-3,5H,4H2,(H2,11,12)(H,13,15)(H,14,16). The predicted octanol–water partition coefficient (Wildman–Crippen LogP) is 0.344. The van der Waals surface area contributed by atoms with Crippen LogP contribution in [0.15, 0.2) is 28.5 Å². The Morgan fingerprint density at radius 3 is 3.06 bits per heavy atom. The number of thiazole rings is 1. The van der Waals surface area contributed by atoms with Crippen molar-refractivity contribution in [3.8, 4) is 0 Å². The average molecular weight is 250 g/mol. The second-order valence-corrected chi connectivity index (χ2v) is 4.13. The molecule has 0 aliphatic rings. The first-order valence-electron chi connectivity index (χ1n) is 4.82. The average Bonchev–Trinajstić information content (AvgIpc) is 2.73. The van der Waals surface area contributed by atoms with Crippen molar-refractivity contribution in [2.24, 2.45) is 0 Å². The topological polar surface area (TPSA) is 101 Å². The molecule has 7 heteroatoms. The van der Waals surface area contributed by atoms with Gasteiger partial charge >= 0.3 is 4.87 Å².